The van der Waals surface area contributed by atoms with Gasteiger partial charge in [0.25, 0.3) is 6.47 Å². The second kappa shape index (κ2) is 8.80. The first-order valence-corrected chi connectivity index (χ1v) is 7.51. The first-order valence-electron chi connectivity index (χ1n) is 7.51. The number of aliphatic hydroxyl groups excluding tert-OH is 1. The average Bonchev–Trinajstić information content (AvgIpc) is 2.48. The molecule has 1 heterocycles. The molecule has 0 amide bonds. The van der Waals surface area contributed by atoms with Crippen LogP contribution in [0.2, 0.25) is 0 Å². The van der Waals surface area contributed by atoms with Gasteiger partial charge in [0.1, 0.15) is 5.60 Å². The van der Waals surface area contributed by atoms with Gasteiger partial charge in [-0.15, -0.1) is 0 Å². The predicted molar refractivity (Wildman–Crippen MR) is 83.9 cm³/mol. The molecule has 4 nitrogen and oxygen atoms in total. The Bertz CT molecular complexity index is 403. The Labute approximate surface area is 127 Å². The number of ether oxygens (including phenoxy) is 1. The van der Waals surface area contributed by atoms with Gasteiger partial charge in [-0.1, -0.05) is 30.7 Å². The van der Waals surface area contributed by atoms with Gasteiger partial charge in [0.2, 0.25) is 0 Å². The van der Waals surface area contributed by atoms with E-state index < -0.39 is 0 Å². The van der Waals surface area contributed by atoms with Crippen LogP contribution in [-0.4, -0.2) is 23.7 Å². The molecule has 0 bridgehead atoms. The maximum Gasteiger partial charge on any atom is 0.293 e. The van der Waals surface area contributed by atoms with Crippen molar-refractivity contribution >= 4 is 6.47 Å². The zero-order valence-electron chi connectivity index (χ0n) is 13.3. The molecule has 0 aromatic heterocycles. The molecule has 0 spiro atoms. The Morgan fingerprint density at radius 2 is 1.95 bits per heavy atom. The van der Waals surface area contributed by atoms with E-state index in [1.165, 1.54) is 24.8 Å². The zero-order chi connectivity index (χ0) is 15.7. The Morgan fingerprint density at radius 3 is 2.33 bits per heavy atom. The topological polar surface area (TPSA) is 58.6 Å². The van der Waals surface area contributed by atoms with Crippen LogP contribution in [-0.2, 0) is 16.1 Å². The molecule has 1 aromatic rings. The average molecular weight is 293 g/mol. The second-order valence-corrected chi connectivity index (χ2v) is 6.23. The van der Waals surface area contributed by atoms with Gasteiger partial charge < -0.3 is 15.2 Å². The molecule has 4 heteroatoms. The highest BCUT2D eigenvalue weighted by molar-refractivity contribution is 5.37. The van der Waals surface area contributed by atoms with E-state index in [0.717, 1.165) is 12.1 Å². The fourth-order valence-corrected chi connectivity index (χ4v) is 2.14. The standard InChI is InChI=1S/C12H17NO.C5H10O2/c14-9-10-4-6-11(7-5-10)12-3-1-2-8-13-12;1-5(2,3)7-4-6/h4-7,12-14H,1-3,8-9H2;4H,1-3H3. The van der Waals surface area contributed by atoms with E-state index in [9.17, 15) is 4.79 Å². The summed E-state index contributed by atoms with van der Waals surface area (Å²) in [6.07, 6.45) is 3.85. The van der Waals surface area contributed by atoms with Crippen LogP contribution in [0.1, 0.15) is 57.2 Å². The van der Waals surface area contributed by atoms with Crippen LogP contribution in [0.3, 0.4) is 0 Å². The lowest BCUT2D eigenvalue weighted by molar-refractivity contribution is -0.138. The minimum absolute atomic E-state index is 0.137. The molecule has 2 rings (SSSR count). The number of rotatable bonds is 3. The first kappa shape index (κ1) is 17.7. The molecule has 0 saturated carbocycles. The Balaban J connectivity index is 0.000000270. The van der Waals surface area contributed by atoms with Crippen LogP contribution >= 0.6 is 0 Å². The molecule has 1 aliphatic heterocycles. The smallest absolute Gasteiger partial charge is 0.293 e. The van der Waals surface area contributed by atoms with Crippen molar-refractivity contribution in [3.05, 3.63) is 35.4 Å². The summed E-state index contributed by atoms with van der Waals surface area (Å²) in [6, 6.07) is 8.77. The van der Waals surface area contributed by atoms with Crippen LogP contribution < -0.4 is 5.32 Å². The SMILES string of the molecule is CC(C)(C)OC=O.OCc1ccc(C2CCCCN2)cc1. The Hall–Kier alpha value is -1.39. The first-order chi connectivity index (χ1) is 9.96. The number of carbonyl (C=O) groups is 1. The van der Waals surface area contributed by atoms with Crippen molar-refractivity contribution in [2.75, 3.05) is 6.54 Å². The third-order valence-corrected chi connectivity index (χ3v) is 3.28. The fourth-order valence-electron chi connectivity index (χ4n) is 2.14. The number of hydrogen-bond donors (Lipinski definition) is 2. The van der Waals surface area contributed by atoms with Crippen molar-refractivity contribution in [3.8, 4) is 0 Å². The molecule has 0 aliphatic carbocycles. The van der Waals surface area contributed by atoms with E-state index in [1.807, 2.05) is 32.9 Å². The van der Waals surface area contributed by atoms with Crippen molar-refractivity contribution < 1.29 is 14.6 Å². The third-order valence-electron chi connectivity index (χ3n) is 3.28. The van der Waals surface area contributed by atoms with Gasteiger partial charge in [0, 0.05) is 6.04 Å². The lowest BCUT2D eigenvalue weighted by Gasteiger charge is -2.23. The summed E-state index contributed by atoms with van der Waals surface area (Å²) in [7, 11) is 0. The quantitative estimate of drug-likeness (QED) is 0.841. The molecule has 2 N–H and O–H groups in total. The highest BCUT2D eigenvalue weighted by Gasteiger charge is 2.13. The van der Waals surface area contributed by atoms with Crippen LogP contribution in [0.5, 0.6) is 0 Å². The van der Waals surface area contributed by atoms with Crippen molar-refractivity contribution in [3.63, 3.8) is 0 Å². The van der Waals surface area contributed by atoms with E-state index >= 15 is 0 Å². The zero-order valence-corrected chi connectivity index (χ0v) is 13.3. The maximum absolute atomic E-state index is 9.60. The number of benzene rings is 1. The molecule has 0 radical (unpaired) electrons. The monoisotopic (exact) mass is 293 g/mol. The summed E-state index contributed by atoms with van der Waals surface area (Å²) in [5.41, 5.74) is 2.02. The van der Waals surface area contributed by atoms with E-state index in [0.29, 0.717) is 12.5 Å². The minimum atomic E-state index is -0.318. The number of carbonyl (C=O) groups excluding carboxylic acids is 1. The largest absolute Gasteiger partial charge is 0.462 e. The molecule has 1 unspecified atom stereocenters. The molecular weight excluding hydrogens is 266 g/mol. The third kappa shape index (κ3) is 7.25. The second-order valence-electron chi connectivity index (χ2n) is 6.23. The number of piperidine rings is 1. The van der Waals surface area contributed by atoms with Crippen LogP contribution in [0.15, 0.2) is 24.3 Å². The summed E-state index contributed by atoms with van der Waals surface area (Å²) in [6.45, 7) is 7.19. The van der Waals surface area contributed by atoms with Gasteiger partial charge in [-0.25, -0.2) is 0 Å². The van der Waals surface area contributed by atoms with Gasteiger partial charge in [0.05, 0.1) is 6.61 Å². The van der Waals surface area contributed by atoms with Gasteiger partial charge >= 0.3 is 0 Å². The van der Waals surface area contributed by atoms with E-state index in [4.69, 9.17) is 5.11 Å². The number of hydrogen-bond acceptors (Lipinski definition) is 4. The van der Waals surface area contributed by atoms with Crippen molar-refractivity contribution in [1.82, 2.24) is 5.32 Å². The molecule has 118 valence electrons. The molecule has 1 saturated heterocycles. The summed E-state index contributed by atoms with van der Waals surface area (Å²) >= 11 is 0. The molecule has 1 aliphatic rings. The number of aliphatic hydroxyl groups is 1. The molecule has 21 heavy (non-hydrogen) atoms. The lowest BCUT2D eigenvalue weighted by atomic mass is 9.97. The van der Waals surface area contributed by atoms with Gasteiger partial charge in [-0.05, 0) is 51.3 Å². The number of nitrogens with one attached hydrogen (secondary N) is 1. The molecule has 1 fully saturated rings. The highest BCUT2D eigenvalue weighted by atomic mass is 16.5. The van der Waals surface area contributed by atoms with Crippen LogP contribution in [0, 0.1) is 0 Å². The predicted octanol–water partition coefficient (Wildman–Crippen LogP) is 2.95. The summed E-state index contributed by atoms with van der Waals surface area (Å²) in [5.74, 6) is 0. The van der Waals surface area contributed by atoms with Crippen molar-refractivity contribution in [2.45, 2.75) is 58.3 Å². The van der Waals surface area contributed by atoms with Gasteiger partial charge in [-0.3, -0.25) is 4.79 Å². The Kier molecular flexibility index (Phi) is 7.40. The van der Waals surface area contributed by atoms with E-state index in [2.05, 4.69) is 22.2 Å². The van der Waals surface area contributed by atoms with Gasteiger partial charge in [-0.2, -0.15) is 0 Å². The van der Waals surface area contributed by atoms with Crippen molar-refractivity contribution in [2.24, 2.45) is 0 Å². The fraction of sp³-hybridized carbons (Fsp3) is 0.588. The minimum Gasteiger partial charge on any atom is -0.462 e. The van der Waals surface area contributed by atoms with E-state index in [-0.39, 0.29) is 12.2 Å². The normalized spacial score (nSPS) is 18.4. The van der Waals surface area contributed by atoms with Crippen LogP contribution in [0.25, 0.3) is 0 Å². The molecule has 1 atom stereocenters. The molecule has 1 aromatic carbocycles. The maximum atomic E-state index is 9.60. The molecular formula is C17H27NO3. The van der Waals surface area contributed by atoms with E-state index in [1.54, 1.807) is 0 Å². The summed E-state index contributed by atoms with van der Waals surface area (Å²) in [4.78, 5) is 9.60. The van der Waals surface area contributed by atoms with Crippen molar-refractivity contribution in [1.29, 1.82) is 0 Å². The highest BCUT2D eigenvalue weighted by Crippen LogP contribution is 2.22. The summed E-state index contributed by atoms with van der Waals surface area (Å²) < 4.78 is 4.55. The summed E-state index contributed by atoms with van der Waals surface area (Å²) in [5, 5.41) is 12.4. The lowest BCUT2D eigenvalue weighted by Crippen LogP contribution is -2.26. The van der Waals surface area contributed by atoms with Crippen LogP contribution in [0.4, 0.5) is 0 Å². The van der Waals surface area contributed by atoms with Gasteiger partial charge in [0.15, 0.2) is 0 Å². The Morgan fingerprint density at radius 1 is 1.29 bits per heavy atom.